The van der Waals surface area contributed by atoms with Gasteiger partial charge in [0.15, 0.2) is 5.65 Å². The molecule has 0 aromatic carbocycles. The third-order valence-electron chi connectivity index (χ3n) is 2.96. The number of pyridine rings is 1. The van der Waals surface area contributed by atoms with Crippen molar-refractivity contribution in [3.05, 3.63) is 23.9 Å². The summed E-state index contributed by atoms with van der Waals surface area (Å²) < 4.78 is 1.72. The van der Waals surface area contributed by atoms with Crippen molar-refractivity contribution >= 4 is 17.5 Å². The number of nitrogens with one attached hydrogen (secondary N) is 1. The average Bonchev–Trinajstić information content (AvgIpc) is 2.71. The second kappa shape index (κ2) is 4.26. The lowest BCUT2D eigenvalue weighted by atomic mass is 10.3. The summed E-state index contributed by atoms with van der Waals surface area (Å²) in [5.74, 6) is 0.324. The Balaban J connectivity index is 1.87. The number of piperazine rings is 1. The minimum absolute atomic E-state index is 0.0616. The third-order valence-corrected chi connectivity index (χ3v) is 2.96. The van der Waals surface area contributed by atoms with Gasteiger partial charge in [0.25, 0.3) is 0 Å². The largest absolute Gasteiger partial charge is 0.366 e. The lowest BCUT2D eigenvalue weighted by Crippen LogP contribution is -2.47. The molecule has 2 aromatic rings. The van der Waals surface area contributed by atoms with Crippen LogP contribution in [0.2, 0.25) is 0 Å². The van der Waals surface area contributed by atoms with Crippen molar-refractivity contribution in [3.63, 3.8) is 0 Å². The number of carbonyl (C=O) groups is 1. The van der Waals surface area contributed by atoms with Gasteiger partial charge in [-0.05, 0) is 12.1 Å². The van der Waals surface area contributed by atoms with Crippen LogP contribution in [-0.4, -0.2) is 45.0 Å². The molecule has 94 valence electrons. The molecule has 7 nitrogen and oxygen atoms in total. The third kappa shape index (κ3) is 2.00. The maximum atomic E-state index is 11.3. The van der Waals surface area contributed by atoms with Crippen molar-refractivity contribution in [3.8, 4) is 0 Å². The molecule has 0 atom stereocenters. The minimum Gasteiger partial charge on any atom is -0.366 e. The summed E-state index contributed by atoms with van der Waals surface area (Å²) in [6, 6.07) is 5.74. The monoisotopic (exact) mass is 246 g/mol. The standard InChI is InChI=1S/C11H14N6O/c12-11-14-9-3-1-2-8(17(9)15-11)6-16-5-4-13-10(18)7-16/h1-3H,4-7H2,(H2,12,15)(H,13,18). The number of rotatable bonds is 2. The van der Waals surface area contributed by atoms with Gasteiger partial charge >= 0.3 is 0 Å². The summed E-state index contributed by atoms with van der Waals surface area (Å²) in [7, 11) is 0. The van der Waals surface area contributed by atoms with Gasteiger partial charge in [-0.15, -0.1) is 5.10 Å². The number of anilines is 1. The van der Waals surface area contributed by atoms with Crippen LogP contribution in [0.25, 0.3) is 5.65 Å². The molecule has 1 fully saturated rings. The summed E-state index contributed by atoms with van der Waals surface area (Å²) in [5, 5.41) is 6.96. The van der Waals surface area contributed by atoms with E-state index in [1.807, 2.05) is 18.2 Å². The van der Waals surface area contributed by atoms with Crippen LogP contribution >= 0.6 is 0 Å². The molecule has 18 heavy (non-hydrogen) atoms. The zero-order valence-electron chi connectivity index (χ0n) is 9.83. The smallest absolute Gasteiger partial charge is 0.240 e. The number of amides is 1. The second-order valence-electron chi connectivity index (χ2n) is 4.32. The Morgan fingerprint density at radius 2 is 2.33 bits per heavy atom. The molecule has 7 heteroatoms. The summed E-state index contributed by atoms with van der Waals surface area (Å²) in [6.45, 7) is 2.61. The Morgan fingerprint density at radius 1 is 1.44 bits per heavy atom. The van der Waals surface area contributed by atoms with E-state index in [0.717, 1.165) is 17.9 Å². The van der Waals surface area contributed by atoms with Crippen LogP contribution < -0.4 is 11.1 Å². The van der Waals surface area contributed by atoms with Crippen molar-refractivity contribution in [2.24, 2.45) is 0 Å². The normalized spacial score (nSPS) is 17.0. The first kappa shape index (κ1) is 11.0. The van der Waals surface area contributed by atoms with Crippen molar-refractivity contribution in [2.45, 2.75) is 6.54 Å². The molecular formula is C11H14N6O. The predicted octanol–water partition coefficient (Wildman–Crippen LogP) is -0.757. The van der Waals surface area contributed by atoms with Crippen LogP contribution in [0.4, 0.5) is 5.95 Å². The number of nitrogens with two attached hydrogens (primary N) is 1. The van der Waals surface area contributed by atoms with E-state index in [1.54, 1.807) is 4.52 Å². The Hall–Kier alpha value is -2.15. The van der Waals surface area contributed by atoms with E-state index in [9.17, 15) is 4.79 Å². The topological polar surface area (TPSA) is 88.5 Å². The van der Waals surface area contributed by atoms with E-state index < -0.39 is 0 Å². The number of carbonyl (C=O) groups excluding carboxylic acids is 1. The van der Waals surface area contributed by atoms with Crippen LogP contribution in [0, 0.1) is 0 Å². The first-order chi connectivity index (χ1) is 8.72. The molecule has 3 rings (SSSR count). The molecule has 0 saturated carbocycles. The Labute approximate surface area is 104 Å². The lowest BCUT2D eigenvalue weighted by molar-refractivity contribution is -0.124. The number of hydrogen-bond acceptors (Lipinski definition) is 5. The average molecular weight is 246 g/mol. The highest BCUT2D eigenvalue weighted by Crippen LogP contribution is 2.10. The zero-order chi connectivity index (χ0) is 12.5. The van der Waals surface area contributed by atoms with Gasteiger partial charge in [0.05, 0.1) is 12.2 Å². The maximum Gasteiger partial charge on any atom is 0.240 e. The molecule has 0 aliphatic carbocycles. The quantitative estimate of drug-likeness (QED) is 0.727. The fraction of sp³-hybridized carbons (Fsp3) is 0.364. The zero-order valence-corrected chi connectivity index (χ0v) is 9.83. The number of aromatic nitrogens is 3. The maximum absolute atomic E-state index is 11.3. The summed E-state index contributed by atoms with van der Waals surface area (Å²) in [5.41, 5.74) is 7.30. The number of fused-ring (bicyclic) bond motifs is 1. The van der Waals surface area contributed by atoms with E-state index in [0.29, 0.717) is 19.6 Å². The van der Waals surface area contributed by atoms with E-state index in [1.165, 1.54) is 0 Å². The molecule has 3 N–H and O–H groups in total. The van der Waals surface area contributed by atoms with Crippen LogP contribution in [0.1, 0.15) is 5.69 Å². The summed E-state index contributed by atoms with van der Waals surface area (Å²) in [6.07, 6.45) is 0. The van der Waals surface area contributed by atoms with Crippen LogP contribution in [-0.2, 0) is 11.3 Å². The van der Waals surface area contributed by atoms with Gasteiger partial charge in [0.2, 0.25) is 11.9 Å². The fourth-order valence-corrected chi connectivity index (χ4v) is 2.15. The van der Waals surface area contributed by atoms with Crippen LogP contribution in [0.3, 0.4) is 0 Å². The highest BCUT2D eigenvalue weighted by molar-refractivity contribution is 5.78. The summed E-state index contributed by atoms with van der Waals surface area (Å²) in [4.78, 5) is 17.5. The van der Waals surface area contributed by atoms with Gasteiger partial charge in [0, 0.05) is 19.6 Å². The molecule has 1 aliphatic heterocycles. The molecular weight excluding hydrogens is 232 g/mol. The van der Waals surface area contributed by atoms with E-state index in [-0.39, 0.29) is 11.9 Å². The lowest BCUT2D eigenvalue weighted by Gasteiger charge is -2.26. The van der Waals surface area contributed by atoms with E-state index in [2.05, 4.69) is 20.3 Å². The molecule has 2 aromatic heterocycles. The van der Waals surface area contributed by atoms with Gasteiger partial charge in [-0.3, -0.25) is 9.69 Å². The van der Waals surface area contributed by atoms with Gasteiger partial charge in [-0.25, -0.2) is 4.52 Å². The molecule has 1 aliphatic rings. The molecule has 3 heterocycles. The SMILES string of the molecule is Nc1nc2cccc(CN3CCNC(=O)C3)n2n1. The predicted molar refractivity (Wildman–Crippen MR) is 65.7 cm³/mol. The molecule has 0 unspecified atom stereocenters. The highest BCUT2D eigenvalue weighted by Gasteiger charge is 2.17. The van der Waals surface area contributed by atoms with Gasteiger partial charge < -0.3 is 11.1 Å². The number of nitrogens with zero attached hydrogens (tertiary/aromatic N) is 4. The minimum atomic E-state index is 0.0616. The molecule has 0 bridgehead atoms. The Kier molecular flexibility index (Phi) is 2.60. The number of nitrogen functional groups attached to an aromatic ring is 1. The Morgan fingerprint density at radius 3 is 3.17 bits per heavy atom. The van der Waals surface area contributed by atoms with Crippen molar-refractivity contribution in [1.29, 1.82) is 0 Å². The van der Waals surface area contributed by atoms with E-state index in [4.69, 9.17) is 5.73 Å². The van der Waals surface area contributed by atoms with Crippen molar-refractivity contribution in [2.75, 3.05) is 25.4 Å². The highest BCUT2D eigenvalue weighted by atomic mass is 16.2. The van der Waals surface area contributed by atoms with Gasteiger partial charge in [-0.2, -0.15) is 4.98 Å². The van der Waals surface area contributed by atoms with Crippen molar-refractivity contribution in [1.82, 2.24) is 24.8 Å². The van der Waals surface area contributed by atoms with Gasteiger partial charge in [0.1, 0.15) is 0 Å². The number of hydrogen-bond donors (Lipinski definition) is 2. The fourth-order valence-electron chi connectivity index (χ4n) is 2.15. The second-order valence-corrected chi connectivity index (χ2v) is 4.32. The first-order valence-electron chi connectivity index (χ1n) is 5.81. The molecule has 0 radical (unpaired) electrons. The first-order valence-corrected chi connectivity index (χ1v) is 5.81. The van der Waals surface area contributed by atoms with Crippen LogP contribution in [0.5, 0.6) is 0 Å². The molecule has 1 saturated heterocycles. The van der Waals surface area contributed by atoms with Gasteiger partial charge in [-0.1, -0.05) is 6.07 Å². The molecule has 1 amide bonds. The van der Waals surface area contributed by atoms with E-state index >= 15 is 0 Å². The Bertz CT molecular complexity index is 592. The van der Waals surface area contributed by atoms with Crippen molar-refractivity contribution < 1.29 is 4.79 Å². The molecule has 0 spiro atoms. The van der Waals surface area contributed by atoms with Crippen LogP contribution in [0.15, 0.2) is 18.2 Å². The summed E-state index contributed by atoms with van der Waals surface area (Å²) >= 11 is 0.